The van der Waals surface area contributed by atoms with Crippen molar-refractivity contribution in [1.29, 1.82) is 0 Å². The van der Waals surface area contributed by atoms with Crippen LogP contribution in [0.2, 0.25) is 0 Å². The number of methoxy groups -OCH3 is 1. The quantitative estimate of drug-likeness (QED) is 0.694. The van der Waals surface area contributed by atoms with Gasteiger partial charge in [0.05, 0.1) is 0 Å². The Morgan fingerprint density at radius 1 is 0.765 bits per heavy atom. The monoisotopic (exact) mass is 278 g/mol. The standard InChI is InChI=1S/C7H7F9O/c1-17-7(15,16)6(13,14)4(8,9)2-3-5(10,11)12/h2-3H2,1H3. The van der Waals surface area contributed by atoms with Crippen molar-refractivity contribution in [2.45, 2.75) is 37.0 Å². The summed E-state index contributed by atoms with van der Waals surface area (Å²) in [6.07, 6.45) is -15.5. The van der Waals surface area contributed by atoms with Crippen molar-refractivity contribution in [3.63, 3.8) is 0 Å². The molecule has 0 aromatic rings. The van der Waals surface area contributed by atoms with Crippen LogP contribution in [0, 0.1) is 0 Å². The molecule has 0 radical (unpaired) electrons. The van der Waals surface area contributed by atoms with Crippen molar-refractivity contribution in [1.82, 2.24) is 0 Å². The minimum atomic E-state index is -6.03. The van der Waals surface area contributed by atoms with E-state index in [1.54, 1.807) is 0 Å². The third-order valence-corrected chi connectivity index (χ3v) is 1.80. The minimum absolute atomic E-state index is 0.0355. The average molecular weight is 278 g/mol. The van der Waals surface area contributed by atoms with Crippen LogP contribution in [0.5, 0.6) is 0 Å². The van der Waals surface area contributed by atoms with Crippen molar-refractivity contribution in [3.05, 3.63) is 0 Å². The molecule has 0 aromatic heterocycles. The number of alkyl halides is 9. The van der Waals surface area contributed by atoms with Crippen LogP contribution in [-0.4, -0.2) is 31.2 Å². The van der Waals surface area contributed by atoms with Gasteiger partial charge in [-0.05, 0) is 0 Å². The first-order valence-corrected chi connectivity index (χ1v) is 4.02. The molecule has 0 atom stereocenters. The molecule has 0 bridgehead atoms. The molecular formula is C7H7F9O. The van der Waals surface area contributed by atoms with Crippen molar-refractivity contribution < 1.29 is 44.3 Å². The molecule has 17 heavy (non-hydrogen) atoms. The van der Waals surface area contributed by atoms with Crippen molar-refractivity contribution in [2.75, 3.05) is 7.11 Å². The highest BCUT2D eigenvalue weighted by Gasteiger charge is 2.72. The summed E-state index contributed by atoms with van der Waals surface area (Å²) in [6.45, 7) is 0. The smallest absolute Gasteiger partial charge is 0.319 e. The SMILES string of the molecule is COC(F)(F)C(F)(F)C(F)(F)CCC(F)(F)F. The maximum absolute atomic E-state index is 12.6. The fourth-order valence-electron chi connectivity index (χ4n) is 0.797. The number of hydrogen-bond donors (Lipinski definition) is 0. The summed E-state index contributed by atoms with van der Waals surface area (Å²) in [4.78, 5) is 0. The van der Waals surface area contributed by atoms with E-state index in [4.69, 9.17) is 0 Å². The Morgan fingerprint density at radius 2 is 1.18 bits per heavy atom. The molecule has 0 aliphatic rings. The molecule has 0 N–H and O–H groups in total. The highest BCUT2D eigenvalue weighted by Crippen LogP contribution is 2.48. The van der Waals surface area contributed by atoms with Gasteiger partial charge >= 0.3 is 24.1 Å². The van der Waals surface area contributed by atoms with Crippen molar-refractivity contribution in [2.24, 2.45) is 0 Å². The lowest BCUT2D eigenvalue weighted by Crippen LogP contribution is -2.55. The zero-order valence-corrected chi connectivity index (χ0v) is 8.22. The van der Waals surface area contributed by atoms with Gasteiger partial charge in [-0.15, -0.1) is 0 Å². The first-order chi connectivity index (χ1) is 7.27. The fraction of sp³-hybridized carbons (Fsp3) is 1.00. The molecular weight excluding hydrogens is 271 g/mol. The summed E-state index contributed by atoms with van der Waals surface area (Å²) >= 11 is 0. The van der Waals surface area contributed by atoms with E-state index < -0.39 is 37.0 Å². The van der Waals surface area contributed by atoms with E-state index in [1.165, 1.54) is 0 Å². The molecule has 0 amide bonds. The molecule has 0 aromatic carbocycles. The Bertz CT molecular complexity index is 257. The highest BCUT2D eigenvalue weighted by atomic mass is 19.4. The molecule has 0 aliphatic carbocycles. The molecule has 10 heteroatoms. The van der Waals surface area contributed by atoms with Crippen LogP contribution in [0.1, 0.15) is 12.8 Å². The van der Waals surface area contributed by atoms with Gasteiger partial charge in [0.1, 0.15) is 0 Å². The first-order valence-electron chi connectivity index (χ1n) is 4.02. The van der Waals surface area contributed by atoms with E-state index >= 15 is 0 Å². The molecule has 0 heterocycles. The summed E-state index contributed by atoms with van der Waals surface area (Å²) < 4.78 is 113. The Kier molecular flexibility index (Phi) is 4.36. The number of rotatable bonds is 5. The van der Waals surface area contributed by atoms with Gasteiger partial charge in [-0.2, -0.15) is 39.5 Å². The van der Waals surface area contributed by atoms with E-state index in [-0.39, 0.29) is 7.11 Å². The van der Waals surface area contributed by atoms with E-state index in [0.29, 0.717) is 0 Å². The number of ether oxygens (including phenoxy) is 1. The Hall–Kier alpha value is -0.670. The van der Waals surface area contributed by atoms with Gasteiger partial charge in [-0.3, -0.25) is 0 Å². The molecule has 0 rings (SSSR count). The molecule has 0 saturated heterocycles. The summed E-state index contributed by atoms with van der Waals surface area (Å²) in [7, 11) is 0.0355. The second kappa shape index (κ2) is 4.54. The third kappa shape index (κ3) is 3.65. The fourth-order valence-corrected chi connectivity index (χ4v) is 0.797. The predicted molar refractivity (Wildman–Crippen MR) is 37.1 cm³/mol. The topological polar surface area (TPSA) is 9.23 Å². The lowest BCUT2D eigenvalue weighted by atomic mass is 10.1. The maximum atomic E-state index is 12.6. The zero-order chi connectivity index (χ0) is 14.1. The first kappa shape index (κ1) is 16.3. The predicted octanol–water partition coefficient (Wildman–Crippen LogP) is 3.84. The lowest BCUT2D eigenvalue weighted by molar-refractivity contribution is -0.394. The summed E-state index contributed by atoms with van der Waals surface area (Å²) in [5.74, 6) is -11.6. The summed E-state index contributed by atoms with van der Waals surface area (Å²) in [5, 5.41) is 0. The van der Waals surface area contributed by atoms with E-state index in [1.807, 2.05) is 0 Å². The van der Waals surface area contributed by atoms with E-state index in [2.05, 4.69) is 4.74 Å². The molecule has 0 unspecified atom stereocenters. The van der Waals surface area contributed by atoms with Crippen LogP contribution >= 0.6 is 0 Å². The molecule has 0 fully saturated rings. The van der Waals surface area contributed by atoms with Crippen LogP contribution in [-0.2, 0) is 4.74 Å². The van der Waals surface area contributed by atoms with Crippen molar-refractivity contribution in [3.8, 4) is 0 Å². The lowest BCUT2D eigenvalue weighted by Gasteiger charge is -2.31. The van der Waals surface area contributed by atoms with Crippen LogP contribution in [0.25, 0.3) is 0 Å². The normalized spacial score (nSPS) is 15.2. The van der Waals surface area contributed by atoms with Crippen LogP contribution < -0.4 is 0 Å². The molecule has 0 aliphatic heterocycles. The minimum Gasteiger partial charge on any atom is -0.319 e. The maximum Gasteiger partial charge on any atom is 0.425 e. The highest BCUT2D eigenvalue weighted by molar-refractivity contribution is 4.91. The number of halogens is 9. The Labute approximate surface area is 89.5 Å². The van der Waals surface area contributed by atoms with Gasteiger partial charge in [0, 0.05) is 20.0 Å². The molecule has 0 saturated carbocycles. The zero-order valence-electron chi connectivity index (χ0n) is 8.22. The Balaban J connectivity index is 4.92. The largest absolute Gasteiger partial charge is 0.425 e. The van der Waals surface area contributed by atoms with Crippen LogP contribution in [0.4, 0.5) is 39.5 Å². The number of hydrogen-bond acceptors (Lipinski definition) is 1. The van der Waals surface area contributed by atoms with Crippen LogP contribution in [0.3, 0.4) is 0 Å². The van der Waals surface area contributed by atoms with Gasteiger partial charge in [0.15, 0.2) is 0 Å². The summed E-state index contributed by atoms with van der Waals surface area (Å²) in [5.41, 5.74) is 0. The second-order valence-electron chi connectivity index (χ2n) is 3.11. The van der Waals surface area contributed by atoms with Gasteiger partial charge in [-0.25, -0.2) is 0 Å². The van der Waals surface area contributed by atoms with Gasteiger partial charge in [-0.1, -0.05) is 0 Å². The summed E-state index contributed by atoms with van der Waals surface area (Å²) in [6, 6.07) is 0. The van der Waals surface area contributed by atoms with Crippen molar-refractivity contribution >= 4 is 0 Å². The van der Waals surface area contributed by atoms with E-state index in [0.717, 1.165) is 0 Å². The van der Waals surface area contributed by atoms with E-state index in [9.17, 15) is 39.5 Å². The average Bonchev–Trinajstić information content (AvgIpc) is 2.13. The third-order valence-electron chi connectivity index (χ3n) is 1.80. The molecule has 0 spiro atoms. The van der Waals surface area contributed by atoms with Gasteiger partial charge in [0.2, 0.25) is 0 Å². The molecule has 104 valence electrons. The van der Waals surface area contributed by atoms with Gasteiger partial charge < -0.3 is 4.74 Å². The molecule has 1 nitrogen and oxygen atoms in total. The Morgan fingerprint density at radius 3 is 1.47 bits per heavy atom. The van der Waals surface area contributed by atoms with Crippen LogP contribution in [0.15, 0.2) is 0 Å². The second-order valence-corrected chi connectivity index (χ2v) is 3.11. The van der Waals surface area contributed by atoms with Gasteiger partial charge in [0.25, 0.3) is 0 Å².